The Morgan fingerprint density at radius 1 is 1.22 bits per heavy atom. The summed E-state index contributed by atoms with van der Waals surface area (Å²) in [6, 6.07) is 9.20. The first kappa shape index (κ1) is 17.6. The highest BCUT2D eigenvalue weighted by Crippen LogP contribution is 2.20. The van der Waals surface area contributed by atoms with Crippen molar-refractivity contribution in [2.24, 2.45) is 0 Å². The van der Waals surface area contributed by atoms with E-state index in [-0.39, 0.29) is 18.5 Å². The second kappa shape index (κ2) is 7.66. The summed E-state index contributed by atoms with van der Waals surface area (Å²) in [4.78, 5) is 12.0. The zero-order valence-electron chi connectivity index (χ0n) is 12.9. The van der Waals surface area contributed by atoms with E-state index in [9.17, 15) is 13.6 Å². The second-order valence-corrected chi connectivity index (χ2v) is 6.27. The maximum Gasteiger partial charge on any atom is 0.279 e. The lowest BCUT2D eigenvalue weighted by molar-refractivity contribution is -0.682. The molecular weight excluding hydrogens is 366 g/mol. The molecule has 3 N–H and O–H groups in total. The van der Waals surface area contributed by atoms with Crippen LogP contribution in [0.15, 0.2) is 40.9 Å². The lowest BCUT2D eigenvalue weighted by Crippen LogP contribution is -2.86. The molecule has 0 spiro atoms. The minimum atomic E-state index is -0.878. The van der Waals surface area contributed by atoms with Gasteiger partial charge >= 0.3 is 0 Å². The van der Waals surface area contributed by atoms with E-state index in [2.05, 4.69) is 21.2 Å². The summed E-state index contributed by atoms with van der Waals surface area (Å²) in [5.74, 6) is -1.91. The fraction of sp³-hybridized carbons (Fsp3) is 0.235. The van der Waals surface area contributed by atoms with E-state index in [1.165, 1.54) is 6.07 Å². The number of carbonyl (C=O) groups is 1. The number of rotatable bonds is 5. The van der Waals surface area contributed by atoms with Crippen LogP contribution in [0.3, 0.4) is 0 Å². The third-order valence-corrected chi connectivity index (χ3v) is 4.44. The number of benzene rings is 2. The largest absolute Gasteiger partial charge is 0.333 e. The van der Waals surface area contributed by atoms with Gasteiger partial charge < -0.3 is 10.6 Å². The number of halogens is 3. The second-order valence-electron chi connectivity index (χ2n) is 5.41. The van der Waals surface area contributed by atoms with Gasteiger partial charge in [-0.3, -0.25) is 4.79 Å². The van der Waals surface area contributed by atoms with Crippen LogP contribution in [0.2, 0.25) is 0 Å². The molecule has 0 saturated carbocycles. The molecule has 0 heterocycles. The molecule has 0 aliphatic heterocycles. The van der Waals surface area contributed by atoms with E-state index in [1.54, 1.807) is 5.32 Å². The number of aryl methyl sites for hydroxylation is 1. The van der Waals surface area contributed by atoms with Gasteiger partial charge in [0.25, 0.3) is 5.91 Å². The Labute approximate surface area is 142 Å². The molecule has 0 aliphatic rings. The third-order valence-electron chi connectivity index (χ3n) is 3.58. The summed E-state index contributed by atoms with van der Waals surface area (Å²) in [6.45, 7) is 3.99. The molecule has 0 unspecified atom stereocenters. The van der Waals surface area contributed by atoms with E-state index >= 15 is 0 Å². The van der Waals surface area contributed by atoms with Crippen molar-refractivity contribution in [1.29, 1.82) is 0 Å². The smallest absolute Gasteiger partial charge is 0.279 e. The Bertz CT molecular complexity index is 722. The highest BCUT2D eigenvalue weighted by atomic mass is 79.9. The Kier molecular flexibility index (Phi) is 5.85. The highest BCUT2D eigenvalue weighted by Gasteiger charge is 2.14. The molecule has 0 fully saturated rings. The van der Waals surface area contributed by atoms with E-state index in [1.807, 2.05) is 32.0 Å². The van der Waals surface area contributed by atoms with Gasteiger partial charge in [0.15, 0.2) is 18.2 Å². The van der Waals surface area contributed by atoms with Crippen LogP contribution >= 0.6 is 15.9 Å². The summed E-state index contributed by atoms with van der Waals surface area (Å²) in [5, 5.41) is 4.57. The van der Waals surface area contributed by atoms with E-state index < -0.39 is 11.6 Å². The molecule has 3 nitrogen and oxygen atoms in total. The predicted octanol–water partition coefficient (Wildman–Crippen LogP) is 3.30. The Hall–Kier alpha value is -1.79. The molecule has 0 radical (unpaired) electrons. The normalized spacial score (nSPS) is 12.0. The molecule has 0 saturated heterocycles. The van der Waals surface area contributed by atoms with Crippen molar-refractivity contribution < 1.29 is 18.9 Å². The first-order chi connectivity index (χ1) is 10.9. The molecule has 0 aliphatic carbocycles. The maximum atomic E-state index is 13.2. The summed E-state index contributed by atoms with van der Waals surface area (Å²) in [5.41, 5.74) is 2.43. The Balaban J connectivity index is 1.90. The van der Waals surface area contributed by atoms with E-state index in [4.69, 9.17) is 0 Å². The van der Waals surface area contributed by atoms with Crippen LogP contribution in [-0.2, 0) is 4.79 Å². The minimum Gasteiger partial charge on any atom is -0.333 e. The first-order valence-electron chi connectivity index (χ1n) is 7.21. The van der Waals surface area contributed by atoms with Gasteiger partial charge in [0, 0.05) is 15.7 Å². The van der Waals surface area contributed by atoms with Gasteiger partial charge in [-0.25, -0.2) is 8.78 Å². The topological polar surface area (TPSA) is 45.7 Å². The lowest BCUT2D eigenvalue weighted by atomic mass is 10.1. The van der Waals surface area contributed by atoms with Gasteiger partial charge in [-0.05, 0) is 49.7 Å². The van der Waals surface area contributed by atoms with Crippen LogP contribution < -0.4 is 10.6 Å². The van der Waals surface area contributed by atoms with Crippen molar-refractivity contribution in [1.82, 2.24) is 0 Å². The van der Waals surface area contributed by atoms with Crippen LogP contribution in [0, 0.1) is 18.6 Å². The van der Waals surface area contributed by atoms with Gasteiger partial charge in [0.1, 0.15) is 6.04 Å². The molecule has 0 aromatic heterocycles. The number of nitrogens with one attached hydrogen (secondary N) is 1. The predicted molar refractivity (Wildman–Crippen MR) is 89.1 cm³/mol. The van der Waals surface area contributed by atoms with Gasteiger partial charge in [0.05, 0.1) is 0 Å². The van der Waals surface area contributed by atoms with Crippen LogP contribution in [0.25, 0.3) is 0 Å². The number of nitrogens with two attached hydrogens (primary N) is 1. The third kappa shape index (κ3) is 4.84. The van der Waals surface area contributed by atoms with Crippen molar-refractivity contribution >= 4 is 27.5 Å². The number of carbonyl (C=O) groups excluding carboxylic acids is 1. The van der Waals surface area contributed by atoms with Crippen molar-refractivity contribution in [2.75, 3.05) is 11.9 Å². The highest BCUT2D eigenvalue weighted by molar-refractivity contribution is 9.10. The van der Waals surface area contributed by atoms with Crippen LogP contribution in [0.4, 0.5) is 14.5 Å². The molecule has 2 rings (SSSR count). The number of hydrogen-bond donors (Lipinski definition) is 2. The summed E-state index contributed by atoms with van der Waals surface area (Å²) in [7, 11) is 0. The minimum absolute atomic E-state index is 0.152. The average Bonchev–Trinajstić information content (AvgIpc) is 2.51. The average molecular weight is 384 g/mol. The number of hydrogen-bond acceptors (Lipinski definition) is 1. The molecule has 2 aromatic carbocycles. The van der Waals surface area contributed by atoms with Gasteiger partial charge in [-0.2, -0.15) is 0 Å². The molecule has 1 amide bonds. The molecule has 0 bridgehead atoms. The number of quaternary nitrogens is 1. The van der Waals surface area contributed by atoms with Crippen molar-refractivity contribution in [2.45, 2.75) is 19.9 Å². The van der Waals surface area contributed by atoms with Gasteiger partial charge in [-0.1, -0.05) is 22.0 Å². The molecule has 122 valence electrons. The fourth-order valence-electron chi connectivity index (χ4n) is 2.10. The summed E-state index contributed by atoms with van der Waals surface area (Å²) >= 11 is 3.42. The molecule has 2 aromatic rings. The van der Waals surface area contributed by atoms with Crippen molar-refractivity contribution in [3.63, 3.8) is 0 Å². The van der Waals surface area contributed by atoms with Crippen molar-refractivity contribution in [3.8, 4) is 0 Å². The molecule has 23 heavy (non-hydrogen) atoms. The fourth-order valence-corrected chi connectivity index (χ4v) is 2.48. The SMILES string of the molecule is Cc1ccc(NC(=O)C[NH2+][C@H](C)c2ccc(F)c(F)c2)cc1Br. The Morgan fingerprint density at radius 3 is 2.61 bits per heavy atom. The van der Waals surface area contributed by atoms with E-state index in [0.29, 0.717) is 11.3 Å². The van der Waals surface area contributed by atoms with Crippen LogP contribution in [0.1, 0.15) is 24.1 Å². The quantitative estimate of drug-likeness (QED) is 0.817. The van der Waals surface area contributed by atoms with E-state index in [0.717, 1.165) is 22.2 Å². The first-order valence-corrected chi connectivity index (χ1v) is 8.00. The number of anilines is 1. The molecule has 6 heteroatoms. The summed E-state index contributed by atoms with van der Waals surface area (Å²) in [6.07, 6.45) is 0. The van der Waals surface area contributed by atoms with Crippen molar-refractivity contribution in [3.05, 3.63) is 63.6 Å². The van der Waals surface area contributed by atoms with Gasteiger partial charge in [-0.15, -0.1) is 0 Å². The lowest BCUT2D eigenvalue weighted by Gasteiger charge is -2.12. The Morgan fingerprint density at radius 2 is 1.96 bits per heavy atom. The van der Waals surface area contributed by atoms with Gasteiger partial charge in [0.2, 0.25) is 0 Å². The zero-order valence-corrected chi connectivity index (χ0v) is 14.5. The molecule has 1 atom stereocenters. The summed E-state index contributed by atoms with van der Waals surface area (Å²) < 4.78 is 27.1. The zero-order chi connectivity index (χ0) is 17.0. The molecular formula is C17H18BrF2N2O+. The van der Waals surface area contributed by atoms with Crippen LogP contribution in [-0.4, -0.2) is 12.5 Å². The number of amides is 1. The van der Waals surface area contributed by atoms with Crippen LogP contribution in [0.5, 0.6) is 0 Å². The standard InChI is InChI=1S/C17H17BrF2N2O/c1-10-3-5-13(8-14(10)18)22-17(23)9-21-11(2)12-4-6-15(19)16(20)7-12/h3-8,11,21H,9H2,1-2H3,(H,22,23)/p+1/t11-/m1/s1. The maximum absolute atomic E-state index is 13.2. The monoisotopic (exact) mass is 383 g/mol.